The van der Waals surface area contributed by atoms with Crippen LogP contribution in [0.2, 0.25) is 0 Å². The number of para-hydroxylation sites is 1. The van der Waals surface area contributed by atoms with Crippen molar-refractivity contribution >= 4 is 5.91 Å². The molecule has 1 amide bonds. The second-order valence-electron chi connectivity index (χ2n) is 6.62. The van der Waals surface area contributed by atoms with E-state index in [0.29, 0.717) is 30.0 Å². The summed E-state index contributed by atoms with van der Waals surface area (Å²) in [6.45, 7) is 6.99. The van der Waals surface area contributed by atoms with Crippen LogP contribution < -0.4 is 10.1 Å². The lowest BCUT2D eigenvalue weighted by Gasteiger charge is -2.36. The van der Waals surface area contributed by atoms with Crippen LogP contribution in [0.1, 0.15) is 37.0 Å². The largest absolute Gasteiger partial charge is 0.490 e. The van der Waals surface area contributed by atoms with Gasteiger partial charge in [0.1, 0.15) is 12.4 Å². The Kier molecular flexibility index (Phi) is 5.18. The summed E-state index contributed by atoms with van der Waals surface area (Å²) < 4.78 is 11.5. The Labute approximate surface area is 137 Å². The van der Waals surface area contributed by atoms with Gasteiger partial charge in [-0.05, 0) is 38.8 Å². The van der Waals surface area contributed by atoms with Gasteiger partial charge in [0.05, 0.1) is 11.7 Å². The quantitative estimate of drug-likeness (QED) is 0.923. The molecule has 0 unspecified atom stereocenters. The van der Waals surface area contributed by atoms with Gasteiger partial charge in [0.15, 0.2) is 0 Å². The van der Waals surface area contributed by atoms with Crippen molar-refractivity contribution in [2.24, 2.45) is 0 Å². The van der Waals surface area contributed by atoms with Crippen LogP contribution in [-0.4, -0.2) is 55.3 Å². The fourth-order valence-electron chi connectivity index (χ4n) is 3.39. The van der Waals surface area contributed by atoms with E-state index in [-0.39, 0.29) is 12.0 Å². The van der Waals surface area contributed by atoms with Crippen molar-refractivity contribution < 1.29 is 14.3 Å². The molecule has 0 aliphatic carbocycles. The zero-order valence-corrected chi connectivity index (χ0v) is 14.0. The highest BCUT2D eigenvalue weighted by Gasteiger charge is 2.27. The Morgan fingerprint density at radius 1 is 1.30 bits per heavy atom. The fourth-order valence-corrected chi connectivity index (χ4v) is 3.39. The molecule has 2 heterocycles. The van der Waals surface area contributed by atoms with Gasteiger partial charge in [-0.15, -0.1) is 0 Å². The third-order valence-corrected chi connectivity index (χ3v) is 4.41. The van der Waals surface area contributed by atoms with Crippen molar-refractivity contribution in [1.82, 2.24) is 10.2 Å². The van der Waals surface area contributed by atoms with E-state index in [0.717, 1.165) is 32.5 Å². The summed E-state index contributed by atoms with van der Waals surface area (Å²) in [4.78, 5) is 14.8. The summed E-state index contributed by atoms with van der Waals surface area (Å²) >= 11 is 0. The van der Waals surface area contributed by atoms with Crippen molar-refractivity contribution in [3.63, 3.8) is 0 Å². The molecular formula is C18H26N2O3. The predicted molar refractivity (Wildman–Crippen MR) is 88.9 cm³/mol. The molecule has 3 rings (SSSR count). The predicted octanol–water partition coefficient (Wildman–Crippen LogP) is 2.07. The van der Waals surface area contributed by atoms with Gasteiger partial charge in [0.2, 0.25) is 0 Å². The van der Waals surface area contributed by atoms with E-state index in [1.165, 1.54) is 0 Å². The third-order valence-electron chi connectivity index (χ3n) is 4.41. The van der Waals surface area contributed by atoms with Crippen LogP contribution in [0.15, 0.2) is 24.3 Å². The first-order valence-corrected chi connectivity index (χ1v) is 8.52. The third kappa shape index (κ3) is 4.03. The molecule has 0 spiro atoms. The topological polar surface area (TPSA) is 50.8 Å². The van der Waals surface area contributed by atoms with Crippen molar-refractivity contribution in [2.75, 3.05) is 26.3 Å². The number of carbonyl (C=O) groups is 1. The first-order chi connectivity index (χ1) is 11.1. The summed E-state index contributed by atoms with van der Waals surface area (Å²) in [5.41, 5.74) is 0.645. The molecule has 2 aliphatic heterocycles. The zero-order chi connectivity index (χ0) is 16.2. The van der Waals surface area contributed by atoms with Crippen LogP contribution in [0.5, 0.6) is 5.75 Å². The first-order valence-electron chi connectivity index (χ1n) is 8.52. The Bertz CT molecular complexity index is 533. The molecule has 1 aromatic carbocycles. The number of rotatable bonds is 4. The van der Waals surface area contributed by atoms with Gasteiger partial charge in [0.25, 0.3) is 5.91 Å². The molecule has 0 aromatic heterocycles. The summed E-state index contributed by atoms with van der Waals surface area (Å²) in [7, 11) is 0. The van der Waals surface area contributed by atoms with Crippen molar-refractivity contribution in [1.29, 1.82) is 0 Å². The second-order valence-corrected chi connectivity index (χ2v) is 6.62. The average molecular weight is 318 g/mol. The van der Waals surface area contributed by atoms with Crippen LogP contribution in [0.3, 0.4) is 0 Å². The molecule has 3 atom stereocenters. The molecular weight excluding hydrogens is 292 g/mol. The van der Waals surface area contributed by atoms with Gasteiger partial charge in [0, 0.05) is 31.8 Å². The Morgan fingerprint density at radius 3 is 2.74 bits per heavy atom. The minimum Gasteiger partial charge on any atom is -0.490 e. The monoisotopic (exact) mass is 318 g/mol. The van der Waals surface area contributed by atoms with Gasteiger partial charge >= 0.3 is 0 Å². The first kappa shape index (κ1) is 16.3. The Morgan fingerprint density at radius 2 is 2.04 bits per heavy atom. The number of hydrogen-bond donors (Lipinski definition) is 1. The van der Waals surface area contributed by atoms with Gasteiger partial charge in [-0.3, -0.25) is 4.79 Å². The molecule has 126 valence electrons. The molecule has 2 fully saturated rings. The van der Waals surface area contributed by atoms with Crippen LogP contribution >= 0.6 is 0 Å². The fraction of sp³-hybridized carbons (Fsp3) is 0.611. The highest BCUT2D eigenvalue weighted by molar-refractivity contribution is 5.97. The Balaban J connectivity index is 1.69. The molecule has 5 heteroatoms. The molecule has 23 heavy (non-hydrogen) atoms. The van der Waals surface area contributed by atoms with E-state index >= 15 is 0 Å². The molecule has 1 N–H and O–H groups in total. The molecule has 5 nitrogen and oxygen atoms in total. The van der Waals surface area contributed by atoms with Gasteiger partial charge in [-0.25, -0.2) is 0 Å². The number of benzene rings is 1. The smallest absolute Gasteiger partial charge is 0.257 e. The highest BCUT2D eigenvalue weighted by atomic mass is 16.5. The average Bonchev–Trinajstić information content (AvgIpc) is 3.05. The Hall–Kier alpha value is -1.59. The SMILES string of the molecule is C[C@@H]1CN(C(=O)c2ccccc2OC[C@H]2CCCO2)C[C@@H](C)N1. The molecule has 0 saturated carbocycles. The number of carbonyl (C=O) groups excluding carboxylic acids is 1. The number of amides is 1. The molecule has 2 saturated heterocycles. The minimum atomic E-state index is 0.0492. The van der Waals surface area contributed by atoms with Crippen LogP contribution in [0.25, 0.3) is 0 Å². The molecule has 0 radical (unpaired) electrons. The van der Waals surface area contributed by atoms with Crippen molar-refractivity contribution in [2.45, 2.75) is 44.9 Å². The maximum atomic E-state index is 12.9. The van der Waals surface area contributed by atoms with E-state index in [4.69, 9.17) is 9.47 Å². The number of piperazine rings is 1. The summed E-state index contributed by atoms with van der Waals surface area (Å²) in [5.74, 6) is 0.708. The van der Waals surface area contributed by atoms with E-state index in [1.54, 1.807) is 0 Å². The molecule has 0 bridgehead atoms. The highest BCUT2D eigenvalue weighted by Crippen LogP contribution is 2.23. The normalized spacial score (nSPS) is 27.9. The number of nitrogens with zero attached hydrogens (tertiary/aromatic N) is 1. The lowest BCUT2D eigenvalue weighted by molar-refractivity contribution is 0.0621. The van der Waals surface area contributed by atoms with Crippen LogP contribution in [0, 0.1) is 0 Å². The van der Waals surface area contributed by atoms with Gasteiger partial charge in [-0.1, -0.05) is 12.1 Å². The van der Waals surface area contributed by atoms with Crippen LogP contribution in [0.4, 0.5) is 0 Å². The van der Waals surface area contributed by atoms with Crippen LogP contribution in [-0.2, 0) is 4.74 Å². The van der Waals surface area contributed by atoms with Crippen molar-refractivity contribution in [3.05, 3.63) is 29.8 Å². The van der Waals surface area contributed by atoms with E-state index in [1.807, 2.05) is 29.2 Å². The standard InChI is InChI=1S/C18H26N2O3/c1-13-10-20(11-14(2)19-13)18(21)16-7-3-4-8-17(16)23-12-15-6-5-9-22-15/h3-4,7-8,13-15,19H,5-6,9-12H2,1-2H3/t13-,14-,15-/m1/s1. The van der Waals surface area contributed by atoms with Gasteiger partial charge < -0.3 is 19.7 Å². The molecule has 1 aromatic rings. The van der Waals surface area contributed by atoms with Crippen molar-refractivity contribution in [3.8, 4) is 5.75 Å². The maximum absolute atomic E-state index is 12.9. The van der Waals surface area contributed by atoms with E-state index < -0.39 is 0 Å². The number of ether oxygens (including phenoxy) is 2. The van der Waals surface area contributed by atoms with E-state index in [9.17, 15) is 4.79 Å². The summed E-state index contributed by atoms with van der Waals surface area (Å²) in [6, 6.07) is 8.14. The summed E-state index contributed by atoms with van der Waals surface area (Å²) in [6.07, 6.45) is 2.27. The zero-order valence-electron chi connectivity index (χ0n) is 14.0. The summed E-state index contributed by atoms with van der Waals surface area (Å²) in [5, 5.41) is 3.45. The second kappa shape index (κ2) is 7.32. The maximum Gasteiger partial charge on any atom is 0.257 e. The number of nitrogens with one attached hydrogen (secondary N) is 1. The number of hydrogen-bond acceptors (Lipinski definition) is 4. The minimum absolute atomic E-state index is 0.0492. The lowest BCUT2D eigenvalue weighted by atomic mass is 10.1. The van der Waals surface area contributed by atoms with Gasteiger partial charge in [-0.2, -0.15) is 0 Å². The molecule has 2 aliphatic rings. The lowest BCUT2D eigenvalue weighted by Crippen LogP contribution is -2.55. The van der Waals surface area contributed by atoms with E-state index in [2.05, 4.69) is 19.2 Å².